The molecule has 0 bridgehead atoms. The van der Waals surface area contributed by atoms with E-state index in [1.54, 1.807) is 29.9 Å². The van der Waals surface area contributed by atoms with Crippen LogP contribution >= 0.6 is 23.2 Å². The molecule has 3 aromatic rings. The van der Waals surface area contributed by atoms with Gasteiger partial charge in [-0.15, -0.1) is 0 Å². The first-order chi connectivity index (χ1) is 12.0. The van der Waals surface area contributed by atoms with Crippen molar-refractivity contribution in [2.45, 2.75) is 6.42 Å². The lowest BCUT2D eigenvalue weighted by atomic mass is 10.1. The molecule has 5 nitrogen and oxygen atoms in total. The molecule has 0 aliphatic heterocycles. The standard InChI is InChI=1S/C18H18Cl2N4O/c1-23-9-3-4-16(23)15-11-17(24(2)22-15)18(25)21-8-7-12-5-6-13(19)10-14(12)20/h3-6,9-11H,7-8H2,1-2H3,(H,21,25). The topological polar surface area (TPSA) is 51.9 Å². The molecule has 0 atom stereocenters. The normalized spacial score (nSPS) is 10.9. The zero-order valence-corrected chi connectivity index (χ0v) is 15.5. The SMILES string of the molecule is Cn1cccc1-c1cc(C(=O)NCCc2ccc(Cl)cc2Cl)n(C)n1. The largest absolute Gasteiger partial charge is 0.350 e. The van der Waals surface area contributed by atoms with Crippen molar-refractivity contribution < 1.29 is 4.79 Å². The van der Waals surface area contributed by atoms with Gasteiger partial charge >= 0.3 is 0 Å². The van der Waals surface area contributed by atoms with E-state index in [1.165, 1.54) is 0 Å². The van der Waals surface area contributed by atoms with Gasteiger partial charge in [-0.25, -0.2) is 0 Å². The minimum atomic E-state index is -0.166. The Hall–Kier alpha value is -2.24. The second-order valence-corrected chi connectivity index (χ2v) is 6.63. The second kappa shape index (κ2) is 7.33. The molecule has 1 amide bonds. The number of carbonyl (C=O) groups is 1. The molecule has 2 aromatic heterocycles. The Bertz CT molecular complexity index is 914. The van der Waals surface area contributed by atoms with Crippen molar-refractivity contribution in [3.8, 4) is 11.4 Å². The van der Waals surface area contributed by atoms with Gasteiger partial charge < -0.3 is 9.88 Å². The van der Waals surface area contributed by atoms with Crippen molar-refractivity contribution in [2.24, 2.45) is 14.1 Å². The summed E-state index contributed by atoms with van der Waals surface area (Å²) in [6.07, 6.45) is 2.57. The molecule has 0 fully saturated rings. The summed E-state index contributed by atoms with van der Waals surface area (Å²) in [6.45, 7) is 0.477. The number of benzene rings is 1. The number of nitrogens with zero attached hydrogens (tertiary/aromatic N) is 3. The van der Waals surface area contributed by atoms with Crippen LogP contribution in [0.15, 0.2) is 42.6 Å². The summed E-state index contributed by atoms with van der Waals surface area (Å²) >= 11 is 12.0. The van der Waals surface area contributed by atoms with Gasteiger partial charge in [0.25, 0.3) is 5.91 Å². The summed E-state index contributed by atoms with van der Waals surface area (Å²) in [4.78, 5) is 12.4. The summed E-state index contributed by atoms with van der Waals surface area (Å²) < 4.78 is 3.56. The highest BCUT2D eigenvalue weighted by molar-refractivity contribution is 6.35. The lowest BCUT2D eigenvalue weighted by Gasteiger charge is -2.07. The van der Waals surface area contributed by atoms with Crippen molar-refractivity contribution in [1.82, 2.24) is 19.7 Å². The van der Waals surface area contributed by atoms with Gasteiger partial charge in [0.2, 0.25) is 0 Å². The van der Waals surface area contributed by atoms with Crippen LogP contribution in [-0.2, 0) is 20.5 Å². The first kappa shape index (κ1) is 17.6. The van der Waals surface area contributed by atoms with Crippen molar-refractivity contribution in [1.29, 1.82) is 0 Å². The number of halogens is 2. The summed E-state index contributed by atoms with van der Waals surface area (Å²) in [7, 11) is 3.71. The minimum Gasteiger partial charge on any atom is -0.350 e. The van der Waals surface area contributed by atoms with E-state index in [9.17, 15) is 4.79 Å². The van der Waals surface area contributed by atoms with Crippen LogP contribution in [0.25, 0.3) is 11.4 Å². The van der Waals surface area contributed by atoms with Crippen LogP contribution in [0.4, 0.5) is 0 Å². The lowest BCUT2D eigenvalue weighted by Crippen LogP contribution is -2.27. The van der Waals surface area contributed by atoms with Crippen LogP contribution in [0, 0.1) is 0 Å². The van der Waals surface area contributed by atoms with Gasteiger partial charge in [-0.05, 0) is 42.3 Å². The molecule has 25 heavy (non-hydrogen) atoms. The average molecular weight is 377 g/mol. The molecule has 3 rings (SSSR count). The number of rotatable bonds is 5. The van der Waals surface area contributed by atoms with Gasteiger partial charge in [0.15, 0.2) is 0 Å². The molecule has 0 aliphatic rings. The minimum absolute atomic E-state index is 0.166. The monoisotopic (exact) mass is 376 g/mol. The van der Waals surface area contributed by atoms with E-state index in [-0.39, 0.29) is 5.91 Å². The quantitative estimate of drug-likeness (QED) is 0.737. The number of nitrogens with one attached hydrogen (secondary N) is 1. The third-order valence-corrected chi connectivity index (χ3v) is 4.60. The van der Waals surface area contributed by atoms with E-state index in [2.05, 4.69) is 10.4 Å². The van der Waals surface area contributed by atoms with Gasteiger partial charge in [0.05, 0.1) is 5.69 Å². The van der Waals surface area contributed by atoms with E-state index >= 15 is 0 Å². The Kier molecular flexibility index (Phi) is 5.16. The third-order valence-electron chi connectivity index (χ3n) is 4.01. The van der Waals surface area contributed by atoms with Gasteiger partial charge in [0, 0.05) is 36.9 Å². The van der Waals surface area contributed by atoms with Crippen LogP contribution in [0.3, 0.4) is 0 Å². The van der Waals surface area contributed by atoms with Crippen molar-refractivity contribution in [2.75, 3.05) is 6.54 Å². The average Bonchev–Trinajstić information content (AvgIpc) is 3.15. The van der Waals surface area contributed by atoms with Crippen LogP contribution in [0.1, 0.15) is 16.1 Å². The summed E-state index contributed by atoms with van der Waals surface area (Å²) in [5, 5.41) is 8.53. The van der Waals surface area contributed by atoms with Crippen molar-refractivity contribution in [3.63, 3.8) is 0 Å². The summed E-state index contributed by atoms with van der Waals surface area (Å²) in [5.74, 6) is -0.166. The smallest absolute Gasteiger partial charge is 0.269 e. The zero-order chi connectivity index (χ0) is 18.0. The number of aromatic nitrogens is 3. The van der Waals surface area contributed by atoms with Crippen molar-refractivity contribution in [3.05, 3.63) is 63.9 Å². The predicted octanol–water partition coefficient (Wildman–Crippen LogP) is 3.70. The molecular weight excluding hydrogens is 359 g/mol. The molecule has 1 aromatic carbocycles. The number of carbonyl (C=O) groups excluding carboxylic acids is 1. The molecule has 7 heteroatoms. The Labute approximate surface area is 156 Å². The highest BCUT2D eigenvalue weighted by Crippen LogP contribution is 2.21. The first-order valence-corrected chi connectivity index (χ1v) is 8.59. The van der Waals surface area contributed by atoms with Crippen molar-refractivity contribution >= 4 is 29.1 Å². The maximum Gasteiger partial charge on any atom is 0.269 e. The Morgan fingerprint density at radius 2 is 2.00 bits per heavy atom. The molecule has 1 N–H and O–H groups in total. The molecule has 0 spiro atoms. The molecule has 2 heterocycles. The molecule has 0 aliphatic carbocycles. The third kappa shape index (κ3) is 3.89. The van der Waals surface area contributed by atoms with Gasteiger partial charge in [-0.3, -0.25) is 9.48 Å². The number of amides is 1. The Morgan fingerprint density at radius 3 is 2.68 bits per heavy atom. The molecule has 130 valence electrons. The van der Waals surface area contributed by atoms with Gasteiger partial charge in [0.1, 0.15) is 11.4 Å². The first-order valence-electron chi connectivity index (χ1n) is 7.83. The van der Waals surface area contributed by atoms with E-state index in [0.717, 1.165) is 17.0 Å². The fraction of sp³-hybridized carbons (Fsp3) is 0.222. The highest BCUT2D eigenvalue weighted by atomic mass is 35.5. The number of hydrogen-bond donors (Lipinski definition) is 1. The van der Waals surface area contributed by atoms with Gasteiger partial charge in [-0.1, -0.05) is 29.3 Å². The fourth-order valence-corrected chi connectivity index (χ4v) is 3.16. The van der Waals surface area contributed by atoms with E-state index in [4.69, 9.17) is 23.2 Å². The van der Waals surface area contributed by atoms with Gasteiger partial charge in [-0.2, -0.15) is 5.10 Å². The summed E-state index contributed by atoms with van der Waals surface area (Å²) in [5.41, 5.74) is 3.18. The molecule has 0 radical (unpaired) electrons. The Balaban J connectivity index is 1.66. The number of aryl methyl sites for hydroxylation is 2. The maximum atomic E-state index is 12.4. The number of hydrogen-bond acceptors (Lipinski definition) is 2. The molecule has 0 saturated carbocycles. The Morgan fingerprint density at radius 1 is 1.20 bits per heavy atom. The predicted molar refractivity (Wildman–Crippen MR) is 100 cm³/mol. The molecule has 0 saturated heterocycles. The summed E-state index contributed by atoms with van der Waals surface area (Å²) in [6, 6.07) is 11.1. The van der Waals surface area contributed by atoms with E-state index in [1.807, 2.05) is 36.0 Å². The van der Waals surface area contributed by atoms with Crippen LogP contribution in [-0.4, -0.2) is 26.8 Å². The van der Waals surface area contributed by atoms with Crippen LogP contribution in [0.5, 0.6) is 0 Å². The lowest BCUT2D eigenvalue weighted by molar-refractivity contribution is 0.0944. The van der Waals surface area contributed by atoms with E-state index in [0.29, 0.717) is 28.7 Å². The zero-order valence-electron chi connectivity index (χ0n) is 14.0. The van der Waals surface area contributed by atoms with Crippen LogP contribution in [0.2, 0.25) is 10.0 Å². The van der Waals surface area contributed by atoms with E-state index < -0.39 is 0 Å². The van der Waals surface area contributed by atoms with Crippen LogP contribution < -0.4 is 5.32 Å². The molecule has 0 unspecified atom stereocenters. The molecular formula is C18H18Cl2N4O. The highest BCUT2D eigenvalue weighted by Gasteiger charge is 2.15. The maximum absolute atomic E-state index is 12.4. The fourth-order valence-electron chi connectivity index (χ4n) is 2.66. The second-order valence-electron chi connectivity index (χ2n) is 5.78.